The monoisotopic (exact) mass is 375 g/mol. The third-order valence-electron chi connectivity index (χ3n) is 4.80. The average molecular weight is 376 g/mol. The van der Waals surface area contributed by atoms with Gasteiger partial charge >= 0.3 is 0 Å². The molecule has 1 aromatic carbocycles. The number of carbonyl (C=O) groups is 1. The zero-order chi connectivity index (χ0) is 16.5. The van der Waals surface area contributed by atoms with Crippen molar-refractivity contribution in [2.24, 2.45) is 0 Å². The van der Waals surface area contributed by atoms with Gasteiger partial charge in [-0.2, -0.15) is 0 Å². The second-order valence-corrected chi connectivity index (χ2v) is 10.00. The molecule has 1 saturated heterocycles. The Morgan fingerprint density at radius 2 is 1.88 bits per heavy atom. The first-order chi connectivity index (χ1) is 11.7. The Morgan fingerprint density at radius 1 is 1.12 bits per heavy atom. The van der Waals surface area contributed by atoms with Crippen LogP contribution in [0.3, 0.4) is 0 Å². The topological polar surface area (TPSA) is 20.3 Å². The van der Waals surface area contributed by atoms with Crippen LogP contribution >= 0.6 is 34.9 Å². The van der Waals surface area contributed by atoms with Crippen LogP contribution in [0.15, 0.2) is 35.7 Å². The highest BCUT2D eigenvalue weighted by Gasteiger charge is 2.29. The summed E-state index contributed by atoms with van der Waals surface area (Å²) in [6.07, 6.45) is 2.29. The summed E-state index contributed by atoms with van der Waals surface area (Å²) in [5.41, 5.74) is 3.48. The van der Waals surface area contributed by atoms with E-state index in [0.29, 0.717) is 4.58 Å². The molecule has 126 valence electrons. The summed E-state index contributed by atoms with van der Waals surface area (Å²) >= 11 is 5.86. The van der Waals surface area contributed by atoms with Crippen molar-refractivity contribution in [1.29, 1.82) is 0 Å². The Hall–Kier alpha value is -0.910. The van der Waals surface area contributed by atoms with Crippen molar-refractivity contribution in [2.75, 3.05) is 18.1 Å². The molecule has 0 bridgehead atoms. The molecule has 0 spiro atoms. The van der Waals surface area contributed by atoms with E-state index in [1.54, 1.807) is 0 Å². The molecule has 24 heavy (non-hydrogen) atoms. The summed E-state index contributed by atoms with van der Waals surface area (Å²) in [5, 5.41) is 2.14. The molecule has 2 aliphatic heterocycles. The van der Waals surface area contributed by atoms with Gasteiger partial charge in [-0.05, 0) is 66.0 Å². The number of fused-ring (bicyclic) bond motifs is 1. The molecule has 2 nitrogen and oxygen atoms in total. The summed E-state index contributed by atoms with van der Waals surface area (Å²) in [5.74, 6) is 2.65. The van der Waals surface area contributed by atoms with E-state index in [4.69, 9.17) is 0 Å². The van der Waals surface area contributed by atoms with Crippen molar-refractivity contribution in [3.63, 3.8) is 0 Å². The Bertz CT molecular complexity index is 718. The van der Waals surface area contributed by atoms with Gasteiger partial charge in [0.1, 0.15) is 0 Å². The number of amides is 1. The van der Waals surface area contributed by atoms with Crippen molar-refractivity contribution < 1.29 is 4.79 Å². The summed E-state index contributed by atoms with van der Waals surface area (Å²) in [6, 6.07) is 10.7. The van der Waals surface area contributed by atoms with Gasteiger partial charge in [0.2, 0.25) is 0 Å². The normalized spacial score (nSPS) is 21.5. The number of thiophene rings is 1. The highest BCUT2D eigenvalue weighted by Crippen LogP contribution is 2.43. The molecule has 3 heterocycles. The maximum absolute atomic E-state index is 12.9. The standard InChI is InChI=1S/C19H21NOS3/c1-13-16-8-12-22-17(16)7-9-20(13)18(21)14-3-5-15(6-4-14)19-23-10-2-11-24-19/h3-6,8,12-13,19H,2,7,9-11H2,1H3/t13-/m1/s1. The van der Waals surface area contributed by atoms with E-state index in [2.05, 4.69) is 30.5 Å². The van der Waals surface area contributed by atoms with Gasteiger partial charge < -0.3 is 4.90 Å². The van der Waals surface area contributed by atoms with Crippen LogP contribution < -0.4 is 0 Å². The molecular weight excluding hydrogens is 354 g/mol. The molecule has 0 radical (unpaired) electrons. The number of carbonyl (C=O) groups excluding carboxylic acids is 1. The van der Waals surface area contributed by atoms with E-state index in [9.17, 15) is 4.79 Å². The van der Waals surface area contributed by atoms with Crippen molar-refractivity contribution in [3.8, 4) is 0 Å². The van der Waals surface area contributed by atoms with Crippen LogP contribution in [0.4, 0.5) is 0 Å². The van der Waals surface area contributed by atoms with E-state index in [1.165, 1.54) is 33.9 Å². The van der Waals surface area contributed by atoms with Gasteiger partial charge in [0.25, 0.3) is 5.91 Å². The predicted molar refractivity (Wildman–Crippen MR) is 106 cm³/mol. The van der Waals surface area contributed by atoms with E-state index in [-0.39, 0.29) is 11.9 Å². The van der Waals surface area contributed by atoms with Crippen molar-refractivity contribution in [1.82, 2.24) is 4.90 Å². The quantitative estimate of drug-likeness (QED) is 0.703. The second kappa shape index (κ2) is 7.14. The minimum atomic E-state index is 0.162. The number of nitrogens with zero attached hydrogens (tertiary/aromatic N) is 1. The Morgan fingerprint density at radius 3 is 2.62 bits per heavy atom. The number of rotatable bonds is 2. The molecule has 0 unspecified atom stereocenters. The largest absolute Gasteiger partial charge is 0.331 e. The predicted octanol–water partition coefficient (Wildman–Crippen LogP) is 5.38. The molecule has 5 heteroatoms. The average Bonchev–Trinajstić information content (AvgIpc) is 3.12. The Labute approximate surface area is 156 Å². The van der Waals surface area contributed by atoms with Gasteiger partial charge in [0.15, 0.2) is 0 Å². The summed E-state index contributed by atoms with van der Waals surface area (Å²) in [4.78, 5) is 16.4. The van der Waals surface area contributed by atoms with E-state index >= 15 is 0 Å². The first kappa shape index (κ1) is 16.6. The molecular formula is C19H21NOS3. The third kappa shape index (κ3) is 3.14. The molecule has 0 aliphatic carbocycles. The first-order valence-electron chi connectivity index (χ1n) is 8.44. The van der Waals surface area contributed by atoms with E-state index in [0.717, 1.165) is 18.5 Å². The van der Waals surface area contributed by atoms with Crippen LogP contribution in [0.5, 0.6) is 0 Å². The number of hydrogen-bond donors (Lipinski definition) is 0. The Kier molecular flexibility index (Phi) is 4.93. The first-order valence-corrected chi connectivity index (χ1v) is 11.4. The lowest BCUT2D eigenvalue weighted by atomic mass is 10.00. The highest BCUT2D eigenvalue weighted by atomic mass is 32.2. The summed E-state index contributed by atoms with van der Waals surface area (Å²) in [7, 11) is 0. The third-order valence-corrected chi connectivity index (χ3v) is 8.81. The molecule has 1 fully saturated rings. The maximum Gasteiger partial charge on any atom is 0.254 e. The van der Waals surface area contributed by atoms with Gasteiger partial charge in [-0.1, -0.05) is 12.1 Å². The summed E-state index contributed by atoms with van der Waals surface area (Å²) in [6.45, 7) is 2.97. The molecule has 2 aromatic rings. The van der Waals surface area contributed by atoms with Crippen LogP contribution in [0.1, 0.15) is 50.3 Å². The lowest BCUT2D eigenvalue weighted by Gasteiger charge is -2.33. The summed E-state index contributed by atoms with van der Waals surface area (Å²) < 4.78 is 0.533. The van der Waals surface area contributed by atoms with Crippen molar-refractivity contribution in [3.05, 3.63) is 57.3 Å². The molecule has 1 atom stereocenters. The van der Waals surface area contributed by atoms with Crippen LogP contribution in [-0.4, -0.2) is 28.9 Å². The van der Waals surface area contributed by atoms with Crippen LogP contribution in [-0.2, 0) is 6.42 Å². The van der Waals surface area contributed by atoms with Crippen LogP contribution in [0.25, 0.3) is 0 Å². The zero-order valence-corrected chi connectivity index (χ0v) is 16.2. The fourth-order valence-corrected chi connectivity index (χ4v) is 7.27. The zero-order valence-electron chi connectivity index (χ0n) is 13.7. The molecule has 1 amide bonds. The van der Waals surface area contributed by atoms with Crippen LogP contribution in [0, 0.1) is 0 Å². The van der Waals surface area contributed by atoms with Crippen LogP contribution in [0.2, 0.25) is 0 Å². The number of thioether (sulfide) groups is 2. The molecule has 0 N–H and O–H groups in total. The molecule has 1 aromatic heterocycles. The lowest BCUT2D eigenvalue weighted by molar-refractivity contribution is 0.0679. The SMILES string of the molecule is C[C@@H]1c2ccsc2CCN1C(=O)c1ccc(C2SCCCS2)cc1. The Balaban J connectivity index is 1.50. The minimum absolute atomic E-state index is 0.162. The number of benzene rings is 1. The highest BCUT2D eigenvalue weighted by molar-refractivity contribution is 8.16. The van der Waals surface area contributed by atoms with Gasteiger partial charge in [0.05, 0.1) is 10.6 Å². The van der Waals surface area contributed by atoms with Gasteiger partial charge in [-0.3, -0.25) is 4.79 Å². The lowest BCUT2D eigenvalue weighted by Crippen LogP contribution is -2.38. The van der Waals surface area contributed by atoms with Gasteiger partial charge in [-0.25, -0.2) is 0 Å². The molecule has 0 saturated carbocycles. The van der Waals surface area contributed by atoms with Crippen molar-refractivity contribution >= 4 is 40.8 Å². The smallest absolute Gasteiger partial charge is 0.254 e. The fourth-order valence-electron chi connectivity index (χ4n) is 3.42. The molecule has 4 rings (SSSR count). The number of hydrogen-bond acceptors (Lipinski definition) is 4. The van der Waals surface area contributed by atoms with E-state index in [1.807, 2.05) is 51.9 Å². The second-order valence-electron chi connectivity index (χ2n) is 6.27. The van der Waals surface area contributed by atoms with Gasteiger partial charge in [-0.15, -0.1) is 34.9 Å². The van der Waals surface area contributed by atoms with E-state index < -0.39 is 0 Å². The fraction of sp³-hybridized carbons (Fsp3) is 0.421. The van der Waals surface area contributed by atoms with Gasteiger partial charge in [0, 0.05) is 17.0 Å². The molecule has 2 aliphatic rings. The maximum atomic E-state index is 12.9. The van der Waals surface area contributed by atoms with Crippen molar-refractivity contribution in [2.45, 2.75) is 30.4 Å². The minimum Gasteiger partial charge on any atom is -0.331 e.